The number of aliphatic hydroxyl groups is 1. The molecule has 0 spiro atoms. The summed E-state index contributed by atoms with van der Waals surface area (Å²) in [5, 5.41) is 11.2. The van der Waals surface area contributed by atoms with Gasteiger partial charge in [0.05, 0.1) is 25.2 Å². The van der Waals surface area contributed by atoms with Crippen molar-refractivity contribution in [2.24, 2.45) is 0 Å². The van der Waals surface area contributed by atoms with E-state index in [0.29, 0.717) is 28.2 Å². The van der Waals surface area contributed by atoms with Crippen LogP contribution < -0.4 is 19.6 Å². The first-order valence-corrected chi connectivity index (χ1v) is 10.7. The third-order valence-corrected chi connectivity index (χ3v) is 6.42. The highest BCUT2D eigenvalue weighted by Crippen LogP contribution is 2.48. The minimum Gasteiger partial charge on any atom is -0.496 e. The van der Waals surface area contributed by atoms with E-state index in [1.54, 1.807) is 45.2 Å². The molecule has 1 aliphatic heterocycles. The van der Waals surface area contributed by atoms with E-state index in [4.69, 9.17) is 23.4 Å². The van der Waals surface area contributed by atoms with Gasteiger partial charge in [-0.3, -0.25) is 4.79 Å². The molecule has 0 saturated carbocycles. The molecular weight excluding hydrogens is 424 g/mol. The number of ether oxygens (including phenoxy) is 4. The molecule has 1 aromatic heterocycles. The van der Waals surface area contributed by atoms with Crippen molar-refractivity contribution in [2.45, 2.75) is 50.9 Å². The molecule has 2 atom stereocenters. The summed E-state index contributed by atoms with van der Waals surface area (Å²) in [5.74, 6) is 1.19. The first-order valence-electron chi connectivity index (χ1n) is 10.7. The lowest BCUT2D eigenvalue weighted by Crippen LogP contribution is -2.42. The fourth-order valence-electron chi connectivity index (χ4n) is 4.44. The van der Waals surface area contributed by atoms with Crippen LogP contribution in [-0.4, -0.2) is 38.1 Å². The average molecular weight is 455 g/mol. The quantitative estimate of drug-likeness (QED) is 0.429. The van der Waals surface area contributed by atoms with Gasteiger partial charge in [-0.2, -0.15) is 0 Å². The van der Waals surface area contributed by atoms with Crippen LogP contribution in [0, 0.1) is 0 Å². The highest BCUT2D eigenvalue weighted by molar-refractivity contribution is 5.99. The molecule has 0 amide bonds. The summed E-state index contributed by atoms with van der Waals surface area (Å²) in [6, 6.07) is 5.28. The van der Waals surface area contributed by atoms with Crippen LogP contribution in [0.2, 0.25) is 0 Å². The largest absolute Gasteiger partial charge is 0.496 e. The fourth-order valence-corrected chi connectivity index (χ4v) is 4.44. The first-order chi connectivity index (χ1) is 15.5. The summed E-state index contributed by atoms with van der Waals surface area (Å²) < 4.78 is 29.4. The van der Waals surface area contributed by atoms with Crippen molar-refractivity contribution in [1.29, 1.82) is 0 Å². The van der Waals surface area contributed by atoms with Gasteiger partial charge in [0.2, 0.25) is 5.43 Å². The highest BCUT2D eigenvalue weighted by atomic mass is 16.6. The lowest BCUT2D eigenvalue weighted by molar-refractivity contribution is -0.0881. The van der Waals surface area contributed by atoms with Crippen molar-refractivity contribution < 1.29 is 28.5 Å². The minimum absolute atomic E-state index is 0.258. The van der Waals surface area contributed by atoms with Crippen LogP contribution in [-0.2, 0) is 10.2 Å². The molecule has 33 heavy (non-hydrogen) atoms. The van der Waals surface area contributed by atoms with Crippen molar-refractivity contribution >= 4 is 21.9 Å². The van der Waals surface area contributed by atoms with E-state index in [1.165, 1.54) is 14.2 Å². The summed E-state index contributed by atoms with van der Waals surface area (Å²) in [7, 11) is 4.60. The Bertz CT molecular complexity index is 1310. The Morgan fingerprint density at radius 3 is 2.33 bits per heavy atom. The zero-order chi connectivity index (χ0) is 24.3. The zero-order valence-electron chi connectivity index (χ0n) is 20.1. The maximum atomic E-state index is 13.8. The third kappa shape index (κ3) is 3.38. The van der Waals surface area contributed by atoms with Gasteiger partial charge in [0.1, 0.15) is 17.2 Å². The number of rotatable bonds is 6. The number of hydrogen-bond acceptors (Lipinski definition) is 7. The lowest BCUT2D eigenvalue weighted by atomic mass is 9.83. The molecule has 0 fully saturated rings. The molecule has 0 bridgehead atoms. The molecule has 0 aliphatic carbocycles. The van der Waals surface area contributed by atoms with Gasteiger partial charge >= 0.3 is 0 Å². The molecular formula is C26H30O7. The Hall–Kier alpha value is -3.03. The Morgan fingerprint density at radius 2 is 1.79 bits per heavy atom. The molecule has 2 heterocycles. The van der Waals surface area contributed by atoms with Crippen LogP contribution >= 0.6 is 0 Å². The van der Waals surface area contributed by atoms with Crippen molar-refractivity contribution in [3.05, 3.63) is 52.2 Å². The number of benzene rings is 2. The van der Waals surface area contributed by atoms with E-state index < -0.39 is 23.2 Å². The molecule has 1 aliphatic rings. The van der Waals surface area contributed by atoms with E-state index in [2.05, 4.69) is 6.58 Å². The maximum absolute atomic E-state index is 13.8. The number of methoxy groups -OCH3 is 3. The maximum Gasteiger partial charge on any atom is 0.204 e. The Labute approximate surface area is 192 Å². The van der Waals surface area contributed by atoms with E-state index >= 15 is 0 Å². The van der Waals surface area contributed by atoms with Crippen LogP contribution in [0.3, 0.4) is 0 Å². The molecule has 3 aromatic rings. The van der Waals surface area contributed by atoms with Gasteiger partial charge in [-0.1, -0.05) is 26.0 Å². The van der Waals surface area contributed by atoms with Crippen LogP contribution in [0.5, 0.6) is 17.2 Å². The second-order valence-electron chi connectivity index (χ2n) is 9.43. The van der Waals surface area contributed by atoms with Gasteiger partial charge in [-0.05, 0) is 26.0 Å². The Kier molecular flexibility index (Phi) is 5.46. The lowest BCUT2D eigenvalue weighted by Gasteiger charge is -2.28. The number of hydrogen-bond donors (Lipinski definition) is 1. The van der Waals surface area contributed by atoms with Gasteiger partial charge in [-0.15, -0.1) is 6.58 Å². The summed E-state index contributed by atoms with van der Waals surface area (Å²) in [5.41, 5.74) is 0.0546. The predicted octanol–water partition coefficient (Wildman–Crippen LogP) is 4.65. The Morgan fingerprint density at radius 1 is 1.09 bits per heavy atom. The average Bonchev–Trinajstić information content (AvgIpc) is 3.17. The monoisotopic (exact) mass is 454 g/mol. The summed E-state index contributed by atoms with van der Waals surface area (Å²) >= 11 is 0. The zero-order valence-corrected chi connectivity index (χ0v) is 20.1. The molecule has 4 rings (SSSR count). The molecule has 1 N–H and O–H groups in total. The van der Waals surface area contributed by atoms with E-state index in [9.17, 15) is 9.90 Å². The van der Waals surface area contributed by atoms with Crippen molar-refractivity contribution in [3.63, 3.8) is 0 Å². The van der Waals surface area contributed by atoms with Gasteiger partial charge in [0.15, 0.2) is 28.8 Å². The van der Waals surface area contributed by atoms with Gasteiger partial charge in [-0.25, -0.2) is 0 Å². The Balaban J connectivity index is 2.12. The van der Waals surface area contributed by atoms with Crippen LogP contribution in [0.1, 0.15) is 44.9 Å². The predicted molar refractivity (Wildman–Crippen MR) is 127 cm³/mol. The van der Waals surface area contributed by atoms with E-state index in [1.807, 2.05) is 13.8 Å². The van der Waals surface area contributed by atoms with E-state index in [-0.39, 0.29) is 22.0 Å². The van der Waals surface area contributed by atoms with Crippen LogP contribution in [0.25, 0.3) is 21.9 Å². The molecule has 7 heteroatoms. The van der Waals surface area contributed by atoms with Crippen LogP contribution in [0.15, 0.2) is 40.1 Å². The fraction of sp³-hybridized carbons (Fsp3) is 0.423. The van der Waals surface area contributed by atoms with Gasteiger partial charge in [0, 0.05) is 23.7 Å². The second kappa shape index (κ2) is 7.78. The molecule has 176 valence electrons. The minimum atomic E-state index is -1.19. The smallest absolute Gasteiger partial charge is 0.204 e. The van der Waals surface area contributed by atoms with Crippen molar-refractivity contribution in [1.82, 2.24) is 0 Å². The van der Waals surface area contributed by atoms with Gasteiger partial charge < -0.3 is 28.5 Å². The first kappa shape index (κ1) is 23.1. The summed E-state index contributed by atoms with van der Waals surface area (Å²) in [6.07, 6.45) is 0.607. The SMILES string of the molecule is C=CC(C)(C)c1cc(OC)c2oc3c4c(ccc3c(=O)c2c1OC)[C@@H](OC)[C@H](C(C)(C)O)O4. The highest BCUT2D eigenvalue weighted by Gasteiger charge is 2.45. The topological polar surface area (TPSA) is 87.4 Å². The van der Waals surface area contributed by atoms with E-state index in [0.717, 1.165) is 5.56 Å². The molecule has 2 aromatic carbocycles. The molecule has 7 nitrogen and oxygen atoms in total. The van der Waals surface area contributed by atoms with Crippen LogP contribution in [0.4, 0.5) is 0 Å². The molecule has 0 unspecified atom stereocenters. The molecule has 0 radical (unpaired) electrons. The van der Waals surface area contributed by atoms with Crippen molar-refractivity contribution in [2.75, 3.05) is 21.3 Å². The summed E-state index contributed by atoms with van der Waals surface area (Å²) in [4.78, 5) is 13.8. The second-order valence-corrected chi connectivity index (χ2v) is 9.43. The standard InChI is InChI=1S/C26H30O7/c1-9-25(2,3)15-12-16(29-6)23-17(22(15)31-8)18(27)13-10-11-14-20(19(13)32-23)33-24(21(14)30-7)26(4,5)28/h9-12,21,24,28H,1H2,2-8H3/t21-,24-/m1/s1. The van der Waals surface area contributed by atoms with Crippen molar-refractivity contribution in [3.8, 4) is 17.2 Å². The summed E-state index contributed by atoms with van der Waals surface area (Å²) in [6.45, 7) is 11.2. The number of allylic oxidation sites excluding steroid dienone is 1. The normalized spacial score (nSPS) is 18.3. The van der Waals surface area contributed by atoms with Gasteiger partial charge in [0.25, 0.3) is 0 Å². The third-order valence-electron chi connectivity index (χ3n) is 6.42. The molecule has 0 saturated heterocycles. The number of fused-ring (bicyclic) bond motifs is 4.